The summed E-state index contributed by atoms with van der Waals surface area (Å²) in [7, 11) is 0. The lowest BCUT2D eigenvalue weighted by Gasteiger charge is -2.11. The fraction of sp³-hybridized carbons (Fsp3) is 0.286. The predicted octanol–water partition coefficient (Wildman–Crippen LogP) is 3.07. The van der Waals surface area contributed by atoms with Crippen LogP contribution in [0.5, 0.6) is 0 Å². The van der Waals surface area contributed by atoms with Crippen molar-refractivity contribution in [2.45, 2.75) is 19.9 Å². The molecule has 0 saturated heterocycles. The summed E-state index contributed by atoms with van der Waals surface area (Å²) in [5, 5.41) is 16.3. The Kier molecular flexibility index (Phi) is 4.88. The molecule has 1 unspecified atom stereocenters. The van der Waals surface area contributed by atoms with Gasteiger partial charge in [-0.15, -0.1) is 0 Å². The van der Waals surface area contributed by atoms with Crippen LogP contribution in [-0.2, 0) is 0 Å². The van der Waals surface area contributed by atoms with E-state index in [9.17, 15) is 4.79 Å². The molecule has 1 heterocycles. The lowest BCUT2D eigenvalue weighted by molar-refractivity contribution is 0.0921. The van der Waals surface area contributed by atoms with Crippen LogP contribution >= 0.6 is 23.2 Å². The Morgan fingerprint density at radius 3 is 2.62 bits per heavy atom. The monoisotopic (exact) mass is 328 g/mol. The van der Waals surface area contributed by atoms with Gasteiger partial charge in [0.05, 0.1) is 16.7 Å². The van der Waals surface area contributed by atoms with Crippen LogP contribution in [0.2, 0.25) is 10.0 Å². The number of aliphatic hydroxyl groups is 1. The van der Waals surface area contributed by atoms with E-state index in [2.05, 4.69) is 10.5 Å². The Labute approximate surface area is 131 Å². The minimum Gasteiger partial charge on any atom is -0.394 e. The van der Waals surface area contributed by atoms with Gasteiger partial charge in [-0.2, -0.15) is 0 Å². The first-order valence-electron chi connectivity index (χ1n) is 6.28. The van der Waals surface area contributed by atoms with E-state index in [0.717, 1.165) is 0 Å². The van der Waals surface area contributed by atoms with Crippen molar-refractivity contribution in [2.24, 2.45) is 0 Å². The maximum atomic E-state index is 12.3. The van der Waals surface area contributed by atoms with E-state index in [0.29, 0.717) is 21.4 Å². The quantitative estimate of drug-likeness (QED) is 0.904. The highest BCUT2D eigenvalue weighted by molar-refractivity contribution is 6.39. The second-order valence-corrected chi connectivity index (χ2v) is 5.43. The van der Waals surface area contributed by atoms with Gasteiger partial charge >= 0.3 is 0 Å². The fourth-order valence-electron chi connectivity index (χ4n) is 1.88. The predicted molar refractivity (Wildman–Crippen MR) is 80.7 cm³/mol. The Morgan fingerprint density at radius 1 is 1.43 bits per heavy atom. The maximum absolute atomic E-state index is 12.3. The standard InChI is InChI=1S/C14H14Cl2N2O3/c1-7(6-19)17-14(20)11-8(2)21-18-13(11)12-9(15)4-3-5-10(12)16/h3-5,7,19H,6H2,1-2H3,(H,17,20). The molecule has 1 aromatic carbocycles. The summed E-state index contributed by atoms with van der Waals surface area (Å²) in [6.07, 6.45) is 0. The molecule has 1 aromatic heterocycles. The summed E-state index contributed by atoms with van der Waals surface area (Å²) in [5.74, 6) is -0.0510. The molecule has 0 saturated carbocycles. The van der Waals surface area contributed by atoms with E-state index < -0.39 is 5.91 Å². The third-order valence-corrected chi connectivity index (χ3v) is 3.57. The topological polar surface area (TPSA) is 75.4 Å². The SMILES string of the molecule is Cc1onc(-c2c(Cl)cccc2Cl)c1C(=O)NC(C)CO. The molecule has 0 aliphatic carbocycles. The van der Waals surface area contributed by atoms with Crippen molar-refractivity contribution in [3.05, 3.63) is 39.6 Å². The number of carbonyl (C=O) groups is 1. The van der Waals surface area contributed by atoms with Crippen molar-refractivity contribution >= 4 is 29.1 Å². The van der Waals surface area contributed by atoms with Crippen LogP contribution in [0.4, 0.5) is 0 Å². The normalized spacial score (nSPS) is 12.2. The minimum absolute atomic E-state index is 0.168. The van der Waals surface area contributed by atoms with Gasteiger partial charge in [0.2, 0.25) is 0 Å². The molecular formula is C14H14Cl2N2O3. The molecule has 1 atom stereocenters. The maximum Gasteiger partial charge on any atom is 0.257 e. The number of benzene rings is 1. The lowest BCUT2D eigenvalue weighted by Crippen LogP contribution is -2.35. The highest BCUT2D eigenvalue weighted by Gasteiger charge is 2.25. The molecule has 7 heteroatoms. The first-order valence-corrected chi connectivity index (χ1v) is 7.03. The van der Waals surface area contributed by atoms with E-state index in [1.165, 1.54) is 0 Å². The van der Waals surface area contributed by atoms with Crippen LogP contribution in [0.3, 0.4) is 0 Å². The second-order valence-electron chi connectivity index (χ2n) is 4.62. The third kappa shape index (κ3) is 3.20. The summed E-state index contributed by atoms with van der Waals surface area (Å²) in [5.41, 5.74) is 0.982. The zero-order chi connectivity index (χ0) is 15.6. The summed E-state index contributed by atoms with van der Waals surface area (Å²) in [4.78, 5) is 12.3. The summed E-state index contributed by atoms with van der Waals surface area (Å²) in [6.45, 7) is 3.14. The van der Waals surface area contributed by atoms with Crippen LogP contribution in [0.25, 0.3) is 11.3 Å². The van der Waals surface area contributed by atoms with E-state index in [4.69, 9.17) is 32.8 Å². The number of hydrogen-bond acceptors (Lipinski definition) is 4. The van der Waals surface area contributed by atoms with Crippen molar-refractivity contribution < 1.29 is 14.4 Å². The van der Waals surface area contributed by atoms with Crippen molar-refractivity contribution in [2.75, 3.05) is 6.61 Å². The molecule has 2 N–H and O–H groups in total. The molecule has 5 nitrogen and oxygen atoms in total. The van der Waals surface area contributed by atoms with Crippen LogP contribution < -0.4 is 5.32 Å². The smallest absolute Gasteiger partial charge is 0.257 e. The van der Waals surface area contributed by atoms with Gasteiger partial charge in [0.15, 0.2) is 0 Å². The molecule has 0 radical (unpaired) electrons. The zero-order valence-electron chi connectivity index (χ0n) is 11.5. The number of hydrogen-bond donors (Lipinski definition) is 2. The van der Waals surface area contributed by atoms with E-state index in [-0.39, 0.29) is 23.9 Å². The minimum atomic E-state index is -0.402. The number of nitrogens with zero attached hydrogens (tertiary/aromatic N) is 1. The number of aryl methyl sites for hydroxylation is 1. The molecule has 0 spiro atoms. The lowest BCUT2D eigenvalue weighted by atomic mass is 10.1. The Morgan fingerprint density at radius 2 is 2.05 bits per heavy atom. The van der Waals surface area contributed by atoms with Crippen molar-refractivity contribution in [3.63, 3.8) is 0 Å². The van der Waals surface area contributed by atoms with Gasteiger partial charge < -0.3 is 14.9 Å². The van der Waals surface area contributed by atoms with Crippen LogP contribution in [0, 0.1) is 6.92 Å². The molecule has 1 amide bonds. The number of aromatic nitrogens is 1. The molecule has 0 fully saturated rings. The van der Waals surface area contributed by atoms with Gasteiger partial charge in [-0.25, -0.2) is 0 Å². The second kappa shape index (κ2) is 6.47. The molecule has 2 aromatic rings. The number of nitrogens with one attached hydrogen (secondary N) is 1. The van der Waals surface area contributed by atoms with Crippen LogP contribution in [-0.4, -0.2) is 28.8 Å². The van der Waals surface area contributed by atoms with Gasteiger partial charge in [0, 0.05) is 11.6 Å². The average molecular weight is 329 g/mol. The molecule has 0 bridgehead atoms. The molecule has 112 valence electrons. The van der Waals surface area contributed by atoms with Gasteiger partial charge in [0.25, 0.3) is 5.91 Å². The molecular weight excluding hydrogens is 315 g/mol. The summed E-state index contributed by atoms with van der Waals surface area (Å²) < 4.78 is 5.11. The van der Waals surface area contributed by atoms with E-state index in [1.54, 1.807) is 32.0 Å². The first kappa shape index (κ1) is 15.8. The van der Waals surface area contributed by atoms with Crippen LogP contribution in [0.1, 0.15) is 23.0 Å². The van der Waals surface area contributed by atoms with Crippen LogP contribution in [0.15, 0.2) is 22.7 Å². The number of rotatable bonds is 4. The molecule has 0 aliphatic rings. The number of aliphatic hydroxyl groups excluding tert-OH is 1. The zero-order valence-corrected chi connectivity index (χ0v) is 13.0. The highest BCUT2D eigenvalue weighted by atomic mass is 35.5. The Bertz CT molecular complexity index is 650. The van der Waals surface area contributed by atoms with Gasteiger partial charge in [-0.3, -0.25) is 4.79 Å². The van der Waals surface area contributed by atoms with Crippen molar-refractivity contribution in [1.82, 2.24) is 10.5 Å². The highest BCUT2D eigenvalue weighted by Crippen LogP contribution is 2.36. The Hall–Kier alpha value is -1.56. The molecule has 0 aliphatic heterocycles. The van der Waals surface area contributed by atoms with Crippen molar-refractivity contribution in [3.8, 4) is 11.3 Å². The number of amides is 1. The van der Waals surface area contributed by atoms with E-state index in [1.807, 2.05) is 0 Å². The van der Waals surface area contributed by atoms with Gasteiger partial charge in [-0.05, 0) is 26.0 Å². The summed E-state index contributed by atoms with van der Waals surface area (Å²) >= 11 is 12.3. The van der Waals surface area contributed by atoms with Gasteiger partial charge in [0.1, 0.15) is 17.0 Å². The molecule has 2 rings (SSSR count). The Balaban J connectivity index is 2.50. The average Bonchev–Trinajstić information content (AvgIpc) is 2.80. The van der Waals surface area contributed by atoms with Crippen molar-refractivity contribution in [1.29, 1.82) is 0 Å². The number of carbonyl (C=O) groups excluding carboxylic acids is 1. The first-order chi connectivity index (χ1) is 9.95. The largest absolute Gasteiger partial charge is 0.394 e. The van der Waals surface area contributed by atoms with Gasteiger partial charge in [-0.1, -0.05) is 34.4 Å². The van der Waals surface area contributed by atoms with E-state index >= 15 is 0 Å². The molecule has 21 heavy (non-hydrogen) atoms. The summed E-state index contributed by atoms with van der Waals surface area (Å²) in [6, 6.07) is 4.63. The fourth-order valence-corrected chi connectivity index (χ4v) is 2.45. The third-order valence-electron chi connectivity index (χ3n) is 2.94. The number of halogens is 2.